The molecule has 2 rings (SSSR count). The third-order valence-electron chi connectivity index (χ3n) is 2.31. The molecule has 0 aliphatic rings. The van der Waals surface area contributed by atoms with Crippen LogP contribution in [0.2, 0.25) is 0 Å². The van der Waals surface area contributed by atoms with Crippen LogP contribution in [-0.2, 0) is 16.6 Å². The van der Waals surface area contributed by atoms with Gasteiger partial charge in [-0.2, -0.15) is 0 Å². The molecule has 0 aliphatic heterocycles. The number of nitrogens with two attached hydrogens (primary N) is 1. The maximum atomic E-state index is 11.0. The fourth-order valence-corrected chi connectivity index (χ4v) is 1.83. The van der Waals surface area contributed by atoms with Gasteiger partial charge < -0.3 is 4.74 Å². The Kier molecular flexibility index (Phi) is 3.30. The van der Waals surface area contributed by atoms with Crippen molar-refractivity contribution in [2.24, 2.45) is 5.14 Å². The summed E-state index contributed by atoms with van der Waals surface area (Å²) < 4.78 is 28.5. The van der Waals surface area contributed by atoms with Crippen LogP contribution in [0.25, 0.3) is 0 Å². The molecule has 2 aromatic rings. The van der Waals surface area contributed by atoms with Crippen LogP contribution < -0.4 is 9.88 Å². The highest BCUT2D eigenvalue weighted by Gasteiger charge is 2.12. The molecule has 0 unspecified atom stereocenters. The minimum atomic E-state index is -3.80. The Morgan fingerprint density at radius 3 is 2.50 bits per heavy atom. The standard InChI is InChI=1S/C10H12N4O3S/c1-17-9-4-2-8(3-5-9)6-14-7-10(12-13-14)18(11,15)16/h2-5,7H,6H2,1H3,(H2,11,15,16). The maximum Gasteiger partial charge on any atom is 0.259 e. The first-order valence-electron chi connectivity index (χ1n) is 5.05. The summed E-state index contributed by atoms with van der Waals surface area (Å²) in [6.45, 7) is 0.409. The SMILES string of the molecule is COc1ccc(Cn2cc(S(N)(=O)=O)nn2)cc1. The summed E-state index contributed by atoms with van der Waals surface area (Å²) in [6.07, 6.45) is 1.29. The Labute approximate surface area is 104 Å². The number of benzene rings is 1. The van der Waals surface area contributed by atoms with Crippen LogP contribution in [0.5, 0.6) is 5.75 Å². The van der Waals surface area contributed by atoms with Crippen LogP contribution >= 0.6 is 0 Å². The molecule has 0 radical (unpaired) electrons. The lowest BCUT2D eigenvalue weighted by Gasteiger charge is -2.02. The van der Waals surface area contributed by atoms with Gasteiger partial charge in [-0.3, -0.25) is 0 Å². The minimum absolute atomic E-state index is 0.240. The summed E-state index contributed by atoms with van der Waals surface area (Å²) in [5, 5.41) is 11.9. The molecule has 1 aromatic heterocycles. The number of nitrogens with zero attached hydrogens (tertiary/aromatic N) is 3. The second-order valence-corrected chi connectivity index (χ2v) is 5.16. The van der Waals surface area contributed by atoms with E-state index in [4.69, 9.17) is 9.88 Å². The molecular formula is C10H12N4O3S. The predicted octanol–water partition coefficient (Wildman–Crippen LogP) is -0.0176. The molecule has 8 heteroatoms. The second kappa shape index (κ2) is 4.75. The Hall–Kier alpha value is -1.93. The van der Waals surface area contributed by atoms with Crippen LogP contribution in [0.1, 0.15) is 5.56 Å². The Morgan fingerprint density at radius 2 is 2.00 bits per heavy atom. The summed E-state index contributed by atoms with van der Waals surface area (Å²) in [7, 11) is -2.21. The van der Waals surface area contributed by atoms with Crippen molar-refractivity contribution in [3.05, 3.63) is 36.0 Å². The van der Waals surface area contributed by atoms with Crippen molar-refractivity contribution >= 4 is 10.0 Å². The normalized spacial score (nSPS) is 11.4. The molecule has 1 aromatic carbocycles. The molecule has 0 saturated carbocycles. The second-order valence-electron chi connectivity index (χ2n) is 3.65. The molecule has 0 aliphatic carbocycles. The quantitative estimate of drug-likeness (QED) is 0.840. The van der Waals surface area contributed by atoms with Crippen LogP contribution in [0, 0.1) is 0 Å². The van der Waals surface area contributed by atoms with Gasteiger partial charge in [0, 0.05) is 0 Å². The van der Waals surface area contributed by atoms with Crippen molar-refractivity contribution in [2.75, 3.05) is 7.11 Å². The zero-order valence-electron chi connectivity index (χ0n) is 9.65. The molecule has 1 heterocycles. The average molecular weight is 268 g/mol. The van der Waals surface area contributed by atoms with Crippen molar-refractivity contribution < 1.29 is 13.2 Å². The van der Waals surface area contributed by atoms with Crippen molar-refractivity contribution in [3.63, 3.8) is 0 Å². The van der Waals surface area contributed by atoms with Crippen LogP contribution in [0.4, 0.5) is 0 Å². The van der Waals surface area contributed by atoms with E-state index in [0.717, 1.165) is 11.3 Å². The average Bonchev–Trinajstić information content (AvgIpc) is 2.78. The fourth-order valence-electron chi connectivity index (χ4n) is 1.41. The van der Waals surface area contributed by atoms with E-state index in [1.165, 1.54) is 10.9 Å². The van der Waals surface area contributed by atoms with Crippen molar-refractivity contribution in [2.45, 2.75) is 11.6 Å². The minimum Gasteiger partial charge on any atom is -0.497 e. The third-order valence-corrected chi connectivity index (χ3v) is 3.08. The first-order chi connectivity index (χ1) is 8.49. The van der Waals surface area contributed by atoms with E-state index < -0.39 is 10.0 Å². The van der Waals surface area contributed by atoms with Crippen molar-refractivity contribution in [3.8, 4) is 5.75 Å². The number of hydrogen-bond acceptors (Lipinski definition) is 5. The first kappa shape index (κ1) is 12.5. The molecule has 18 heavy (non-hydrogen) atoms. The van der Waals surface area contributed by atoms with E-state index in [2.05, 4.69) is 10.3 Å². The number of hydrogen-bond donors (Lipinski definition) is 1. The van der Waals surface area contributed by atoms with Gasteiger partial charge in [-0.25, -0.2) is 18.2 Å². The zero-order valence-corrected chi connectivity index (χ0v) is 10.5. The van der Waals surface area contributed by atoms with Crippen molar-refractivity contribution in [1.82, 2.24) is 15.0 Å². The zero-order chi connectivity index (χ0) is 13.2. The van der Waals surface area contributed by atoms with E-state index in [1.54, 1.807) is 7.11 Å². The Morgan fingerprint density at radius 1 is 1.33 bits per heavy atom. The molecule has 96 valence electrons. The summed E-state index contributed by atoms with van der Waals surface area (Å²) in [5.41, 5.74) is 0.946. The number of ether oxygens (including phenoxy) is 1. The number of methoxy groups -OCH3 is 1. The summed E-state index contributed by atoms with van der Waals surface area (Å²) in [4.78, 5) is 0. The smallest absolute Gasteiger partial charge is 0.259 e. The molecule has 0 bridgehead atoms. The van der Waals surface area contributed by atoms with Gasteiger partial charge in [0.15, 0.2) is 0 Å². The third kappa shape index (κ3) is 2.84. The van der Waals surface area contributed by atoms with E-state index in [-0.39, 0.29) is 5.03 Å². The highest BCUT2D eigenvalue weighted by atomic mass is 32.2. The maximum absolute atomic E-state index is 11.0. The van der Waals surface area contributed by atoms with E-state index >= 15 is 0 Å². The lowest BCUT2D eigenvalue weighted by atomic mass is 10.2. The van der Waals surface area contributed by atoms with Gasteiger partial charge >= 0.3 is 0 Å². The number of aromatic nitrogens is 3. The van der Waals surface area contributed by atoms with Gasteiger partial charge in [0.2, 0.25) is 5.03 Å². The lowest BCUT2D eigenvalue weighted by molar-refractivity contribution is 0.414. The van der Waals surface area contributed by atoms with Crippen LogP contribution in [0.3, 0.4) is 0 Å². The number of sulfonamides is 1. The highest BCUT2D eigenvalue weighted by Crippen LogP contribution is 2.12. The highest BCUT2D eigenvalue weighted by molar-refractivity contribution is 7.89. The predicted molar refractivity (Wildman–Crippen MR) is 63.5 cm³/mol. The van der Waals surface area contributed by atoms with E-state index in [9.17, 15) is 8.42 Å². The monoisotopic (exact) mass is 268 g/mol. The lowest BCUT2D eigenvalue weighted by Crippen LogP contribution is -2.12. The number of primary sulfonamides is 1. The van der Waals surface area contributed by atoms with E-state index in [1.807, 2.05) is 24.3 Å². The van der Waals surface area contributed by atoms with Gasteiger partial charge in [0.1, 0.15) is 5.75 Å². The molecule has 0 spiro atoms. The summed E-state index contributed by atoms with van der Waals surface area (Å²) in [6, 6.07) is 7.34. The van der Waals surface area contributed by atoms with Gasteiger partial charge in [-0.15, -0.1) is 5.10 Å². The molecule has 0 saturated heterocycles. The summed E-state index contributed by atoms with van der Waals surface area (Å²) >= 11 is 0. The summed E-state index contributed by atoms with van der Waals surface area (Å²) in [5.74, 6) is 0.752. The Balaban J connectivity index is 2.16. The largest absolute Gasteiger partial charge is 0.497 e. The fraction of sp³-hybridized carbons (Fsp3) is 0.200. The van der Waals surface area contributed by atoms with Gasteiger partial charge in [-0.1, -0.05) is 17.3 Å². The van der Waals surface area contributed by atoms with Gasteiger partial charge in [0.25, 0.3) is 10.0 Å². The molecule has 0 atom stereocenters. The molecule has 0 amide bonds. The van der Waals surface area contributed by atoms with Gasteiger partial charge in [-0.05, 0) is 17.7 Å². The topological polar surface area (TPSA) is 100 Å². The first-order valence-corrected chi connectivity index (χ1v) is 6.59. The van der Waals surface area contributed by atoms with Crippen molar-refractivity contribution in [1.29, 1.82) is 0 Å². The molecule has 7 nitrogen and oxygen atoms in total. The molecule has 0 fully saturated rings. The number of rotatable bonds is 4. The molecule has 2 N–H and O–H groups in total. The van der Waals surface area contributed by atoms with E-state index in [0.29, 0.717) is 6.54 Å². The Bertz CT molecular complexity index is 633. The molecular weight excluding hydrogens is 256 g/mol. The van der Waals surface area contributed by atoms with Crippen LogP contribution in [0.15, 0.2) is 35.5 Å². The van der Waals surface area contributed by atoms with Gasteiger partial charge in [0.05, 0.1) is 19.9 Å². The van der Waals surface area contributed by atoms with Crippen LogP contribution in [-0.4, -0.2) is 30.5 Å².